The van der Waals surface area contributed by atoms with Gasteiger partial charge in [0.2, 0.25) is 0 Å². The molecule has 0 N–H and O–H groups in total. The van der Waals surface area contributed by atoms with Crippen molar-refractivity contribution in [2.75, 3.05) is 13.1 Å². The number of imidazole rings is 1. The summed E-state index contributed by atoms with van der Waals surface area (Å²) >= 11 is 0. The molecule has 7 nitrogen and oxygen atoms in total. The van der Waals surface area contributed by atoms with Crippen LogP contribution in [0.25, 0.3) is 11.2 Å². The molecule has 30 heavy (non-hydrogen) atoms. The molecular formula is C23H28N4O3. The summed E-state index contributed by atoms with van der Waals surface area (Å²) in [6, 6.07) is 11.5. The first-order valence-electron chi connectivity index (χ1n) is 10.5. The third kappa shape index (κ3) is 3.97. The average molecular weight is 409 g/mol. The summed E-state index contributed by atoms with van der Waals surface area (Å²) in [5.74, 6) is 1.07. The number of benzene rings is 1. The molecule has 1 aromatic carbocycles. The number of pyridine rings is 1. The van der Waals surface area contributed by atoms with Gasteiger partial charge in [0.15, 0.2) is 11.8 Å². The fraction of sp³-hybridized carbons (Fsp3) is 0.435. The van der Waals surface area contributed by atoms with E-state index in [0.717, 1.165) is 29.6 Å². The van der Waals surface area contributed by atoms with E-state index in [1.54, 1.807) is 29.3 Å². The Morgan fingerprint density at radius 3 is 2.73 bits per heavy atom. The summed E-state index contributed by atoms with van der Waals surface area (Å²) in [7, 11) is 1.78. The topological polar surface area (TPSA) is 69.4 Å². The number of likely N-dealkylation sites (tertiary alicyclic amines) is 1. The number of hydrogen-bond acceptors (Lipinski definition) is 4. The van der Waals surface area contributed by atoms with Crippen molar-refractivity contribution in [1.82, 2.24) is 19.0 Å². The van der Waals surface area contributed by atoms with E-state index < -0.39 is 6.10 Å². The van der Waals surface area contributed by atoms with E-state index in [1.165, 1.54) is 0 Å². The van der Waals surface area contributed by atoms with E-state index in [1.807, 2.05) is 48.2 Å². The zero-order valence-corrected chi connectivity index (χ0v) is 17.7. The van der Waals surface area contributed by atoms with Gasteiger partial charge in [0.1, 0.15) is 5.75 Å². The fourth-order valence-electron chi connectivity index (χ4n) is 4.19. The summed E-state index contributed by atoms with van der Waals surface area (Å²) < 4.78 is 9.26. The van der Waals surface area contributed by atoms with Crippen LogP contribution in [0.5, 0.6) is 5.75 Å². The van der Waals surface area contributed by atoms with Crippen LogP contribution >= 0.6 is 0 Å². The minimum atomic E-state index is -0.520. The van der Waals surface area contributed by atoms with Gasteiger partial charge in [-0.3, -0.25) is 13.9 Å². The zero-order valence-electron chi connectivity index (χ0n) is 17.7. The highest BCUT2D eigenvalue weighted by Gasteiger charge is 2.28. The van der Waals surface area contributed by atoms with Crippen molar-refractivity contribution in [3.05, 3.63) is 58.6 Å². The van der Waals surface area contributed by atoms with Gasteiger partial charge in [-0.25, -0.2) is 9.78 Å². The van der Waals surface area contributed by atoms with E-state index in [2.05, 4.69) is 4.98 Å². The van der Waals surface area contributed by atoms with Crippen molar-refractivity contribution >= 4 is 17.1 Å². The molecule has 0 radical (unpaired) electrons. The zero-order chi connectivity index (χ0) is 21.3. The van der Waals surface area contributed by atoms with Crippen LogP contribution < -0.4 is 10.4 Å². The summed E-state index contributed by atoms with van der Waals surface area (Å²) in [6.07, 6.45) is 2.92. The van der Waals surface area contributed by atoms with Gasteiger partial charge in [-0.15, -0.1) is 0 Å². The lowest BCUT2D eigenvalue weighted by molar-refractivity contribution is -0.139. The highest BCUT2D eigenvalue weighted by molar-refractivity contribution is 5.81. The molecule has 1 atom stereocenters. The van der Waals surface area contributed by atoms with Gasteiger partial charge in [0.05, 0.1) is 5.52 Å². The Hall–Kier alpha value is -3.09. The van der Waals surface area contributed by atoms with Crippen LogP contribution in [0.4, 0.5) is 0 Å². The molecule has 1 aliphatic heterocycles. The second-order valence-electron chi connectivity index (χ2n) is 8.14. The highest BCUT2D eigenvalue weighted by Crippen LogP contribution is 2.22. The Kier molecular flexibility index (Phi) is 5.61. The van der Waals surface area contributed by atoms with Crippen LogP contribution in [0.3, 0.4) is 0 Å². The third-order valence-corrected chi connectivity index (χ3v) is 5.92. The molecule has 0 saturated carbocycles. The summed E-state index contributed by atoms with van der Waals surface area (Å²) in [6.45, 7) is 5.79. The minimum absolute atomic E-state index is 0.0129. The van der Waals surface area contributed by atoms with Gasteiger partial charge in [-0.05, 0) is 62.4 Å². The average Bonchev–Trinajstić information content (AvgIpc) is 2.99. The Bertz CT molecular complexity index is 1110. The van der Waals surface area contributed by atoms with E-state index >= 15 is 0 Å². The van der Waals surface area contributed by atoms with Crippen LogP contribution in [0.1, 0.15) is 25.3 Å². The number of aryl methyl sites for hydroxylation is 2. The third-order valence-electron chi connectivity index (χ3n) is 5.92. The molecule has 0 bridgehead atoms. The monoisotopic (exact) mass is 408 g/mol. The maximum atomic E-state index is 12.8. The van der Waals surface area contributed by atoms with Crippen LogP contribution in [0.15, 0.2) is 47.4 Å². The first-order valence-corrected chi connectivity index (χ1v) is 10.5. The van der Waals surface area contributed by atoms with Crippen molar-refractivity contribution in [2.24, 2.45) is 13.0 Å². The van der Waals surface area contributed by atoms with Crippen molar-refractivity contribution in [3.8, 4) is 5.75 Å². The number of carbonyl (C=O) groups excluding carboxylic acids is 1. The number of hydrogen-bond donors (Lipinski definition) is 0. The maximum absolute atomic E-state index is 12.8. The van der Waals surface area contributed by atoms with E-state index in [9.17, 15) is 9.59 Å². The molecule has 1 amide bonds. The second-order valence-corrected chi connectivity index (χ2v) is 8.14. The predicted octanol–water partition coefficient (Wildman–Crippen LogP) is 2.75. The molecule has 1 aliphatic rings. The van der Waals surface area contributed by atoms with Crippen molar-refractivity contribution in [3.63, 3.8) is 0 Å². The molecule has 1 fully saturated rings. The molecule has 158 valence electrons. The Morgan fingerprint density at radius 2 is 2.00 bits per heavy atom. The van der Waals surface area contributed by atoms with Crippen molar-refractivity contribution in [1.29, 1.82) is 0 Å². The number of fused-ring (bicyclic) bond motifs is 1. The lowest BCUT2D eigenvalue weighted by Gasteiger charge is -2.33. The normalized spacial score (nSPS) is 16.0. The van der Waals surface area contributed by atoms with Gasteiger partial charge < -0.3 is 9.64 Å². The summed E-state index contributed by atoms with van der Waals surface area (Å²) in [5.41, 5.74) is 2.63. The molecule has 7 heteroatoms. The SMILES string of the molecule is Cc1cccc(OC(C)C(=O)N2CCC(Cn3c(=O)n(C)c4cccnc43)CC2)c1. The quantitative estimate of drug-likeness (QED) is 0.651. The van der Waals surface area contributed by atoms with E-state index in [0.29, 0.717) is 31.3 Å². The molecular weight excluding hydrogens is 380 g/mol. The van der Waals surface area contributed by atoms with E-state index in [4.69, 9.17) is 4.74 Å². The van der Waals surface area contributed by atoms with Crippen LogP contribution in [-0.2, 0) is 18.4 Å². The Morgan fingerprint density at radius 1 is 1.23 bits per heavy atom. The van der Waals surface area contributed by atoms with Gasteiger partial charge in [0, 0.05) is 32.9 Å². The minimum Gasteiger partial charge on any atom is -0.481 e. The number of nitrogens with zero attached hydrogens (tertiary/aromatic N) is 4. The molecule has 1 unspecified atom stereocenters. The second kappa shape index (κ2) is 8.34. The molecule has 2 aromatic heterocycles. The van der Waals surface area contributed by atoms with Crippen LogP contribution in [0, 0.1) is 12.8 Å². The first kappa shape index (κ1) is 20.2. The number of carbonyl (C=O) groups is 1. The summed E-state index contributed by atoms with van der Waals surface area (Å²) in [4.78, 5) is 31.7. The maximum Gasteiger partial charge on any atom is 0.330 e. The van der Waals surface area contributed by atoms with Gasteiger partial charge >= 0.3 is 5.69 Å². The summed E-state index contributed by atoms with van der Waals surface area (Å²) in [5, 5.41) is 0. The highest BCUT2D eigenvalue weighted by atomic mass is 16.5. The Balaban J connectivity index is 1.37. The molecule has 3 heterocycles. The van der Waals surface area contributed by atoms with Gasteiger partial charge in [-0.2, -0.15) is 0 Å². The molecule has 4 rings (SSSR count). The number of rotatable bonds is 5. The standard InChI is InChI=1S/C23H28N4O3/c1-16-6-4-7-19(14-16)30-17(2)22(28)26-12-9-18(10-13-26)15-27-21-20(8-5-11-24-21)25(3)23(27)29/h4-8,11,14,17-18H,9-10,12-13,15H2,1-3H3. The smallest absolute Gasteiger partial charge is 0.330 e. The van der Waals surface area contributed by atoms with Gasteiger partial charge in [0.25, 0.3) is 5.91 Å². The van der Waals surface area contributed by atoms with Crippen LogP contribution in [0.2, 0.25) is 0 Å². The van der Waals surface area contributed by atoms with Gasteiger partial charge in [-0.1, -0.05) is 12.1 Å². The lowest BCUT2D eigenvalue weighted by atomic mass is 9.96. The molecule has 3 aromatic rings. The largest absolute Gasteiger partial charge is 0.481 e. The lowest BCUT2D eigenvalue weighted by Crippen LogP contribution is -2.45. The first-order chi connectivity index (χ1) is 14.4. The fourth-order valence-corrected chi connectivity index (χ4v) is 4.19. The van der Waals surface area contributed by atoms with Crippen molar-refractivity contribution in [2.45, 2.75) is 39.3 Å². The molecule has 0 spiro atoms. The molecule has 1 saturated heterocycles. The number of piperidine rings is 1. The van der Waals surface area contributed by atoms with E-state index in [-0.39, 0.29) is 11.6 Å². The molecule has 0 aliphatic carbocycles. The van der Waals surface area contributed by atoms with Crippen molar-refractivity contribution < 1.29 is 9.53 Å². The van der Waals surface area contributed by atoms with Crippen LogP contribution in [-0.4, -0.2) is 44.1 Å². The number of amides is 1. The number of ether oxygens (including phenoxy) is 1. The number of aromatic nitrogens is 3. The Labute approximate surface area is 175 Å². The predicted molar refractivity (Wildman–Crippen MR) is 116 cm³/mol.